The van der Waals surface area contributed by atoms with E-state index in [9.17, 15) is 4.79 Å². The second-order valence-corrected chi connectivity index (χ2v) is 4.74. The van der Waals surface area contributed by atoms with Gasteiger partial charge in [-0.25, -0.2) is 9.78 Å². The number of aromatic nitrogens is 1. The van der Waals surface area contributed by atoms with Crippen LogP contribution in [0.2, 0.25) is 5.15 Å². The highest BCUT2D eigenvalue weighted by Crippen LogP contribution is 2.41. The highest BCUT2D eigenvalue weighted by Gasteiger charge is 2.53. The van der Waals surface area contributed by atoms with Crippen LogP contribution in [0.15, 0.2) is 30.5 Å². The van der Waals surface area contributed by atoms with Crippen LogP contribution in [-0.2, 0) is 4.79 Å². The van der Waals surface area contributed by atoms with Crippen LogP contribution in [0.4, 0.5) is 0 Å². The van der Waals surface area contributed by atoms with E-state index in [2.05, 4.69) is 4.98 Å². The summed E-state index contributed by atoms with van der Waals surface area (Å²) >= 11 is 5.96. The van der Waals surface area contributed by atoms with Gasteiger partial charge in [0.25, 0.3) is 0 Å². The molecule has 1 fully saturated rings. The van der Waals surface area contributed by atoms with Crippen LogP contribution < -0.4 is 4.74 Å². The van der Waals surface area contributed by atoms with Crippen molar-refractivity contribution in [3.63, 3.8) is 0 Å². The fourth-order valence-electron chi connectivity index (χ4n) is 1.88. The molecule has 1 aromatic carbocycles. The van der Waals surface area contributed by atoms with Crippen LogP contribution >= 0.6 is 11.6 Å². The third-order valence-corrected chi connectivity index (χ3v) is 3.40. The monoisotopic (exact) mass is 263 g/mol. The van der Waals surface area contributed by atoms with Gasteiger partial charge in [0.2, 0.25) is 5.60 Å². The first kappa shape index (κ1) is 11.3. The average Bonchev–Trinajstić information content (AvgIpc) is 3.10. The molecular formula is C13H10ClNO3. The first-order valence-electron chi connectivity index (χ1n) is 5.57. The molecule has 0 saturated heterocycles. The van der Waals surface area contributed by atoms with E-state index in [-0.39, 0.29) is 0 Å². The van der Waals surface area contributed by atoms with Crippen LogP contribution in [0.25, 0.3) is 10.8 Å². The lowest BCUT2D eigenvalue weighted by atomic mass is 10.2. The quantitative estimate of drug-likeness (QED) is 0.865. The molecule has 92 valence electrons. The molecule has 0 aliphatic heterocycles. The van der Waals surface area contributed by atoms with Crippen molar-refractivity contribution in [1.82, 2.24) is 4.98 Å². The Kier molecular flexibility index (Phi) is 2.41. The normalized spacial score (nSPS) is 16.5. The van der Waals surface area contributed by atoms with Crippen molar-refractivity contribution in [2.75, 3.05) is 0 Å². The molecule has 0 spiro atoms. The van der Waals surface area contributed by atoms with Gasteiger partial charge in [-0.05, 0) is 29.7 Å². The lowest BCUT2D eigenvalue weighted by Crippen LogP contribution is -2.28. The predicted molar refractivity (Wildman–Crippen MR) is 67.0 cm³/mol. The number of rotatable bonds is 3. The zero-order valence-corrected chi connectivity index (χ0v) is 10.1. The van der Waals surface area contributed by atoms with Gasteiger partial charge in [-0.3, -0.25) is 0 Å². The molecule has 0 amide bonds. The molecule has 0 atom stereocenters. The summed E-state index contributed by atoms with van der Waals surface area (Å²) in [6.07, 6.45) is 2.72. The second-order valence-electron chi connectivity index (χ2n) is 4.39. The van der Waals surface area contributed by atoms with E-state index in [0.29, 0.717) is 23.7 Å². The lowest BCUT2D eigenvalue weighted by Gasteiger charge is -2.13. The Bertz CT molecular complexity index is 637. The number of pyridine rings is 1. The van der Waals surface area contributed by atoms with E-state index in [4.69, 9.17) is 21.4 Å². The number of hydrogen-bond donors (Lipinski definition) is 1. The summed E-state index contributed by atoms with van der Waals surface area (Å²) in [5, 5.41) is 11.2. The molecule has 5 heteroatoms. The van der Waals surface area contributed by atoms with E-state index in [1.54, 1.807) is 24.4 Å². The molecule has 1 heterocycles. The van der Waals surface area contributed by atoms with Crippen LogP contribution in [0, 0.1) is 0 Å². The van der Waals surface area contributed by atoms with Crippen LogP contribution in [0.5, 0.6) is 5.75 Å². The number of ether oxygens (including phenoxy) is 1. The Morgan fingerprint density at radius 1 is 1.39 bits per heavy atom. The van der Waals surface area contributed by atoms with Crippen molar-refractivity contribution >= 4 is 28.3 Å². The van der Waals surface area contributed by atoms with E-state index >= 15 is 0 Å². The number of aliphatic carboxylic acids is 1. The fourth-order valence-corrected chi connectivity index (χ4v) is 2.11. The number of fused-ring (bicyclic) bond motifs is 1. The zero-order valence-electron chi connectivity index (χ0n) is 9.39. The second kappa shape index (κ2) is 3.85. The van der Waals surface area contributed by atoms with Crippen molar-refractivity contribution in [3.05, 3.63) is 35.6 Å². The van der Waals surface area contributed by atoms with Gasteiger partial charge in [0, 0.05) is 24.4 Å². The van der Waals surface area contributed by atoms with Crippen molar-refractivity contribution in [1.29, 1.82) is 0 Å². The summed E-state index contributed by atoms with van der Waals surface area (Å²) in [4.78, 5) is 15.0. The van der Waals surface area contributed by atoms with Gasteiger partial charge in [0.15, 0.2) is 0 Å². The van der Waals surface area contributed by atoms with E-state index in [0.717, 1.165) is 10.8 Å². The minimum absolute atomic E-state index is 0.429. The van der Waals surface area contributed by atoms with Crippen molar-refractivity contribution in [2.45, 2.75) is 18.4 Å². The summed E-state index contributed by atoms with van der Waals surface area (Å²) in [6, 6.07) is 7.11. The van der Waals surface area contributed by atoms with Gasteiger partial charge >= 0.3 is 5.97 Å². The van der Waals surface area contributed by atoms with E-state index in [1.165, 1.54) is 0 Å². The number of hydrogen-bond acceptors (Lipinski definition) is 3. The smallest absolute Gasteiger partial charge is 0.348 e. The van der Waals surface area contributed by atoms with Crippen molar-refractivity contribution < 1.29 is 14.6 Å². The third kappa shape index (κ3) is 1.78. The summed E-state index contributed by atoms with van der Waals surface area (Å²) in [5.41, 5.74) is -1.02. The topological polar surface area (TPSA) is 59.4 Å². The summed E-state index contributed by atoms with van der Waals surface area (Å²) in [5.74, 6) is -0.361. The molecule has 3 rings (SSSR count). The molecule has 1 aromatic heterocycles. The predicted octanol–water partition coefficient (Wildman–Crippen LogP) is 2.88. The lowest BCUT2D eigenvalue weighted by molar-refractivity contribution is -0.147. The minimum atomic E-state index is -1.02. The Morgan fingerprint density at radius 2 is 2.17 bits per heavy atom. The van der Waals surface area contributed by atoms with Crippen LogP contribution in [0.3, 0.4) is 0 Å². The molecule has 4 nitrogen and oxygen atoms in total. The highest BCUT2D eigenvalue weighted by molar-refractivity contribution is 6.34. The van der Waals surface area contributed by atoms with Gasteiger partial charge in [-0.1, -0.05) is 11.6 Å². The van der Waals surface area contributed by atoms with Crippen LogP contribution in [-0.4, -0.2) is 21.7 Å². The standard InChI is InChI=1S/C13H10ClNO3/c14-11-10-2-1-9(7-8(10)3-6-15-11)18-13(4-5-13)12(16)17/h1-3,6-7H,4-5H2,(H,16,17). The third-order valence-electron chi connectivity index (χ3n) is 3.09. The average molecular weight is 264 g/mol. The van der Waals surface area contributed by atoms with E-state index < -0.39 is 11.6 Å². The number of carboxylic acid groups (broad SMARTS) is 1. The van der Waals surface area contributed by atoms with Crippen LogP contribution in [0.1, 0.15) is 12.8 Å². The van der Waals surface area contributed by atoms with Gasteiger partial charge in [-0.15, -0.1) is 0 Å². The number of benzene rings is 1. The molecule has 1 aliphatic rings. The van der Waals surface area contributed by atoms with Crippen molar-refractivity contribution in [3.8, 4) is 5.75 Å². The first-order valence-corrected chi connectivity index (χ1v) is 5.95. The maximum absolute atomic E-state index is 11.0. The molecule has 1 aliphatic carbocycles. The molecule has 0 bridgehead atoms. The molecule has 18 heavy (non-hydrogen) atoms. The Morgan fingerprint density at radius 3 is 2.83 bits per heavy atom. The fraction of sp³-hybridized carbons (Fsp3) is 0.231. The van der Waals surface area contributed by atoms with Gasteiger partial charge in [-0.2, -0.15) is 0 Å². The zero-order chi connectivity index (χ0) is 12.8. The highest BCUT2D eigenvalue weighted by atomic mass is 35.5. The Labute approximate surface area is 108 Å². The summed E-state index contributed by atoms with van der Waals surface area (Å²) in [6.45, 7) is 0. The van der Waals surface area contributed by atoms with Crippen molar-refractivity contribution in [2.24, 2.45) is 0 Å². The maximum Gasteiger partial charge on any atom is 0.348 e. The number of halogens is 1. The molecule has 1 saturated carbocycles. The number of carbonyl (C=O) groups is 1. The molecule has 1 N–H and O–H groups in total. The largest absolute Gasteiger partial charge is 0.478 e. The summed E-state index contributed by atoms with van der Waals surface area (Å²) < 4.78 is 5.56. The van der Waals surface area contributed by atoms with Gasteiger partial charge < -0.3 is 9.84 Å². The molecular weight excluding hydrogens is 254 g/mol. The number of nitrogens with zero attached hydrogens (tertiary/aromatic N) is 1. The summed E-state index contributed by atoms with van der Waals surface area (Å²) in [7, 11) is 0. The van der Waals surface area contributed by atoms with Gasteiger partial charge in [0.1, 0.15) is 10.9 Å². The SMILES string of the molecule is O=C(O)C1(Oc2ccc3c(Cl)nccc3c2)CC1. The Hall–Kier alpha value is -1.81. The first-order chi connectivity index (χ1) is 8.61. The minimum Gasteiger partial charge on any atom is -0.478 e. The Balaban J connectivity index is 1.97. The molecule has 0 unspecified atom stereocenters. The maximum atomic E-state index is 11.0. The van der Waals surface area contributed by atoms with E-state index in [1.807, 2.05) is 6.07 Å². The molecule has 0 radical (unpaired) electrons. The number of carboxylic acids is 1. The molecule has 2 aromatic rings. The van der Waals surface area contributed by atoms with Gasteiger partial charge in [0.05, 0.1) is 0 Å².